The van der Waals surface area contributed by atoms with Gasteiger partial charge in [0.1, 0.15) is 16.6 Å². The number of rotatable bonds is 5. The SMILES string of the molecule is COC(C)CNc1ncnc(NN)c1Br. The minimum absolute atomic E-state index is 0.112. The second-order valence-corrected chi connectivity index (χ2v) is 3.75. The van der Waals surface area contributed by atoms with Crippen LogP contribution in [-0.2, 0) is 4.74 Å². The van der Waals surface area contributed by atoms with Gasteiger partial charge in [-0.05, 0) is 22.9 Å². The summed E-state index contributed by atoms with van der Waals surface area (Å²) >= 11 is 3.34. The Morgan fingerprint density at radius 2 is 2.20 bits per heavy atom. The molecule has 1 aromatic rings. The van der Waals surface area contributed by atoms with Crippen LogP contribution in [0.15, 0.2) is 10.8 Å². The Morgan fingerprint density at radius 3 is 2.80 bits per heavy atom. The number of anilines is 2. The molecule has 1 heterocycles. The highest BCUT2D eigenvalue weighted by Crippen LogP contribution is 2.25. The van der Waals surface area contributed by atoms with Crippen molar-refractivity contribution in [3.63, 3.8) is 0 Å². The highest BCUT2D eigenvalue weighted by Gasteiger charge is 2.08. The van der Waals surface area contributed by atoms with E-state index in [-0.39, 0.29) is 6.10 Å². The summed E-state index contributed by atoms with van der Waals surface area (Å²) in [6, 6.07) is 0. The van der Waals surface area contributed by atoms with Crippen LogP contribution in [0.4, 0.5) is 11.6 Å². The van der Waals surface area contributed by atoms with Crippen molar-refractivity contribution in [1.82, 2.24) is 9.97 Å². The first-order chi connectivity index (χ1) is 7.19. The number of hydrogen-bond acceptors (Lipinski definition) is 6. The summed E-state index contributed by atoms with van der Waals surface area (Å²) in [7, 11) is 1.66. The number of aromatic nitrogens is 2. The van der Waals surface area contributed by atoms with Gasteiger partial charge in [0.15, 0.2) is 5.82 Å². The maximum absolute atomic E-state index is 5.28. The molecule has 15 heavy (non-hydrogen) atoms. The number of nitrogen functional groups attached to an aromatic ring is 1. The Labute approximate surface area is 96.7 Å². The molecular formula is C8H14BrN5O. The number of methoxy groups -OCH3 is 1. The Morgan fingerprint density at radius 1 is 1.53 bits per heavy atom. The minimum Gasteiger partial charge on any atom is -0.380 e. The molecule has 0 amide bonds. The normalized spacial score (nSPS) is 12.3. The van der Waals surface area contributed by atoms with E-state index in [9.17, 15) is 0 Å². The molecule has 7 heteroatoms. The average molecular weight is 276 g/mol. The lowest BCUT2D eigenvalue weighted by molar-refractivity contribution is 0.128. The van der Waals surface area contributed by atoms with E-state index in [0.717, 1.165) is 0 Å². The van der Waals surface area contributed by atoms with Gasteiger partial charge in [0, 0.05) is 13.7 Å². The van der Waals surface area contributed by atoms with Crippen LogP contribution >= 0.6 is 15.9 Å². The van der Waals surface area contributed by atoms with Gasteiger partial charge >= 0.3 is 0 Å². The quantitative estimate of drug-likeness (QED) is 0.549. The number of halogens is 1. The molecule has 0 aromatic carbocycles. The van der Waals surface area contributed by atoms with Crippen LogP contribution < -0.4 is 16.6 Å². The van der Waals surface area contributed by atoms with E-state index in [1.54, 1.807) is 7.11 Å². The molecule has 0 aliphatic rings. The topological polar surface area (TPSA) is 85.1 Å². The van der Waals surface area contributed by atoms with Crippen molar-refractivity contribution in [1.29, 1.82) is 0 Å². The van der Waals surface area contributed by atoms with Crippen molar-refractivity contribution in [2.45, 2.75) is 13.0 Å². The average Bonchev–Trinajstić information content (AvgIpc) is 2.27. The number of nitrogens with one attached hydrogen (secondary N) is 2. The summed E-state index contributed by atoms with van der Waals surface area (Å²) < 4.78 is 5.81. The zero-order valence-electron chi connectivity index (χ0n) is 8.62. The molecule has 0 fully saturated rings. The molecule has 0 aliphatic heterocycles. The van der Waals surface area contributed by atoms with E-state index in [0.29, 0.717) is 22.7 Å². The van der Waals surface area contributed by atoms with Crippen LogP contribution in [0.5, 0.6) is 0 Å². The van der Waals surface area contributed by atoms with E-state index in [2.05, 4.69) is 36.6 Å². The fourth-order valence-electron chi connectivity index (χ4n) is 0.917. The fraction of sp³-hybridized carbons (Fsp3) is 0.500. The largest absolute Gasteiger partial charge is 0.380 e. The van der Waals surface area contributed by atoms with E-state index in [1.807, 2.05) is 6.92 Å². The third-order valence-electron chi connectivity index (χ3n) is 1.89. The zero-order valence-corrected chi connectivity index (χ0v) is 10.2. The summed E-state index contributed by atoms with van der Waals surface area (Å²) in [6.45, 7) is 2.63. The van der Waals surface area contributed by atoms with Crippen LogP contribution in [0.2, 0.25) is 0 Å². The first-order valence-electron chi connectivity index (χ1n) is 4.42. The predicted octanol–water partition coefficient (Wildman–Crippen LogP) is 0.972. The summed E-state index contributed by atoms with van der Waals surface area (Å²) in [6.07, 6.45) is 1.54. The number of hydrogen-bond donors (Lipinski definition) is 3. The monoisotopic (exact) mass is 275 g/mol. The Kier molecular flexibility index (Phi) is 4.73. The van der Waals surface area contributed by atoms with E-state index in [1.165, 1.54) is 6.33 Å². The minimum atomic E-state index is 0.112. The van der Waals surface area contributed by atoms with Crippen LogP contribution in [0, 0.1) is 0 Å². The molecule has 0 radical (unpaired) electrons. The Hall–Kier alpha value is -0.920. The third kappa shape index (κ3) is 3.29. The molecule has 0 bridgehead atoms. The van der Waals surface area contributed by atoms with Gasteiger partial charge in [0.25, 0.3) is 0 Å². The smallest absolute Gasteiger partial charge is 0.159 e. The van der Waals surface area contributed by atoms with E-state index in [4.69, 9.17) is 10.6 Å². The molecule has 0 aliphatic carbocycles. The lowest BCUT2D eigenvalue weighted by Gasteiger charge is -2.13. The molecule has 84 valence electrons. The second kappa shape index (κ2) is 5.84. The lowest BCUT2D eigenvalue weighted by atomic mass is 10.4. The second-order valence-electron chi connectivity index (χ2n) is 2.96. The molecule has 1 unspecified atom stereocenters. The number of nitrogens with zero attached hydrogens (tertiary/aromatic N) is 2. The number of ether oxygens (including phenoxy) is 1. The van der Waals surface area contributed by atoms with Crippen molar-refractivity contribution < 1.29 is 4.74 Å². The summed E-state index contributed by atoms with van der Waals surface area (Å²) in [4.78, 5) is 8.01. The molecule has 1 aromatic heterocycles. The first kappa shape index (κ1) is 12.2. The molecule has 0 saturated carbocycles. The highest BCUT2D eigenvalue weighted by atomic mass is 79.9. The molecule has 0 saturated heterocycles. The molecular weight excluding hydrogens is 262 g/mol. The lowest BCUT2D eigenvalue weighted by Crippen LogP contribution is -2.19. The van der Waals surface area contributed by atoms with Crippen molar-refractivity contribution in [3.05, 3.63) is 10.8 Å². The Bertz CT molecular complexity index is 322. The third-order valence-corrected chi connectivity index (χ3v) is 2.64. The van der Waals surface area contributed by atoms with Crippen LogP contribution in [-0.4, -0.2) is 29.7 Å². The van der Waals surface area contributed by atoms with Crippen LogP contribution in [0.1, 0.15) is 6.92 Å². The highest BCUT2D eigenvalue weighted by molar-refractivity contribution is 9.10. The van der Waals surface area contributed by atoms with E-state index >= 15 is 0 Å². The molecule has 1 atom stereocenters. The van der Waals surface area contributed by atoms with Crippen molar-refractivity contribution >= 4 is 27.6 Å². The van der Waals surface area contributed by atoms with Gasteiger partial charge < -0.3 is 15.5 Å². The molecule has 1 rings (SSSR count). The first-order valence-corrected chi connectivity index (χ1v) is 5.22. The fourth-order valence-corrected chi connectivity index (χ4v) is 1.38. The van der Waals surface area contributed by atoms with Gasteiger partial charge in [0.05, 0.1) is 6.10 Å². The van der Waals surface area contributed by atoms with Crippen molar-refractivity contribution in [2.24, 2.45) is 5.84 Å². The zero-order chi connectivity index (χ0) is 11.3. The van der Waals surface area contributed by atoms with Crippen LogP contribution in [0.3, 0.4) is 0 Å². The standard InChI is InChI=1S/C8H14BrN5O/c1-5(15-2)3-11-7-6(9)8(14-10)13-4-12-7/h4-5H,3,10H2,1-2H3,(H2,11,12,13,14). The number of hydrazine groups is 1. The maximum atomic E-state index is 5.28. The van der Waals surface area contributed by atoms with Gasteiger partial charge in [-0.15, -0.1) is 0 Å². The van der Waals surface area contributed by atoms with Crippen LogP contribution in [0.25, 0.3) is 0 Å². The van der Waals surface area contributed by atoms with Crippen molar-refractivity contribution in [3.8, 4) is 0 Å². The summed E-state index contributed by atoms with van der Waals surface area (Å²) in [5, 5.41) is 3.12. The maximum Gasteiger partial charge on any atom is 0.159 e. The van der Waals surface area contributed by atoms with Gasteiger partial charge in [0.2, 0.25) is 0 Å². The molecule has 4 N–H and O–H groups in total. The summed E-state index contributed by atoms with van der Waals surface area (Å²) in [5.41, 5.74) is 2.47. The van der Waals surface area contributed by atoms with Crippen molar-refractivity contribution in [2.75, 3.05) is 24.4 Å². The van der Waals surface area contributed by atoms with Gasteiger partial charge in [-0.2, -0.15) is 0 Å². The van der Waals surface area contributed by atoms with E-state index < -0.39 is 0 Å². The van der Waals surface area contributed by atoms with Gasteiger partial charge in [-0.1, -0.05) is 0 Å². The van der Waals surface area contributed by atoms with Gasteiger partial charge in [-0.25, -0.2) is 15.8 Å². The molecule has 6 nitrogen and oxygen atoms in total. The Balaban J connectivity index is 2.68. The summed E-state index contributed by atoms with van der Waals surface area (Å²) in [5.74, 6) is 6.50. The predicted molar refractivity (Wildman–Crippen MR) is 62.5 cm³/mol. The van der Waals surface area contributed by atoms with Gasteiger partial charge in [-0.3, -0.25) is 0 Å². The molecule has 0 spiro atoms. The number of nitrogens with two attached hydrogens (primary N) is 1.